The number of benzene rings is 2. The van der Waals surface area contributed by atoms with Crippen molar-refractivity contribution in [1.29, 1.82) is 0 Å². The average Bonchev–Trinajstić information content (AvgIpc) is 2.74. The minimum Gasteiger partial charge on any atom is -0.492 e. The lowest BCUT2D eigenvalue weighted by atomic mass is 10.2. The van der Waals surface area contributed by atoms with Crippen LogP contribution in [0, 0.1) is 5.82 Å². The number of carbonyl (C=O) groups is 1. The van der Waals surface area contributed by atoms with Crippen molar-refractivity contribution in [2.24, 2.45) is 0 Å². The molecule has 0 saturated carbocycles. The Hall–Kier alpha value is -2.60. The summed E-state index contributed by atoms with van der Waals surface area (Å²) in [6.07, 6.45) is 0. The Morgan fingerprint density at radius 2 is 1.71 bits per heavy atom. The highest BCUT2D eigenvalue weighted by atomic mass is 19.1. The number of hydrogen-bond donors (Lipinski definition) is 0. The molecule has 28 heavy (non-hydrogen) atoms. The molecule has 0 radical (unpaired) electrons. The van der Waals surface area contributed by atoms with Crippen LogP contribution in [0.4, 0.5) is 10.1 Å². The highest BCUT2D eigenvalue weighted by Gasteiger charge is 2.27. The lowest BCUT2D eigenvalue weighted by molar-refractivity contribution is -0.136. The number of carbonyl (C=O) groups excluding carboxylic acids is 1. The number of hydrogen-bond acceptors (Lipinski definition) is 4. The summed E-state index contributed by atoms with van der Waals surface area (Å²) >= 11 is 0. The Morgan fingerprint density at radius 1 is 1.07 bits per heavy atom. The van der Waals surface area contributed by atoms with Gasteiger partial charge in [0.15, 0.2) is 0 Å². The van der Waals surface area contributed by atoms with Gasteiger partial charge in [-0.2, -0.15) is 0 Å². The van der Waals surface area contributed by atoms with Gasteiger partial charge in [-0.25, -0.2) is 4.39 Å². The molecule has 1 heterocycles. The van der Waals surface area contributed by atoms with Crippen molar-refractivity contribution in [3.63, 3.8) is 0 Å². The fraction of sp³-hybridized carbons (Fsp3) is 0.409. The van der Waals surface area contributed by atoms with E-state index in [-0.39, 0.29) is 17.8 Å². The quantitative estimate of drug-likeness (QED) is 0.734. The molecule has 1 aliphatic heterocycles. The van der Waals surface area contributed by atoms with Crippen LogP contribution < -0.4 is 9.64 Å². The van der Waals surface area contributed by atoms with Crippen LogP contribution >= 0.6 is 0 Å². The highest BCUT2D eigenvalue weighted by Crippen LogP contribution is 2.16. The van der Waals surface area contributed by atoms with Crippen molar-refractivity contribution in [3.8, 4) is 5.75 Å². The molecule has 1 amide bonds. The van der Waals surface area contributed by atoms with E-state index >= 15 is 0 Å². The van der Waals surface area contributed by atoms with Crippen LogP contribution in [0.3, 0.4) is 0 Å². The number of rotatable bonds is 7. The predicted molar refractivity (Wildman–Crippen MR) is 109 cm³/mol. The number of halogens is 1. The summed E-state index contributed by atoms with van der Waals surface area (Å²) in [7, 11) is 1.93. The van der Waals surface area contributed by atoms with Gasteiger partial charge >= 0.3 is 0 Å². The topological polar surface area (TPSA) is 36.0 Å². The molecule has 2 aromatic carbocycles. The van der Waals surface area contributed by atoms with E-state index < -0.39 is 0 Å². The Balaban J connectivity index is 1.42. The second-order valence-electron chi connectivity index (χ2n) is 7.11. The lowest BCUT2D eigenvalue weighted by Gasteiger charge is -2.38. The minimum atomic E-state index is -0.281. The minimum absolute atomic E-state index is 0.150. The number of amides is 1. The van der Waals surface area contributed by atoms with Crippen molar-refractivity contribution >= 4 is 11.6 Å². The van der Waals surface area contributed by atoms with Crippen molar-refractivity contribution < 1.29 is 13.9 Å². The van der Waals surface area contributed by atoms with E-state index in [1.807, 2.05) is 42.0 Å². The van der Waals surface area contributed by atoms with E-state index in [9.17, 15) is 9.18 Å². The van der Waals surface area contributed by atoms with Gasteiger partial charge in [-0.3, -0.25) is 9.69 Å². The van der Waals surface area contributed by atoms with E-state index in [1.54, 1.807) is 12.1 Å². The molecule has 3 rings (SSSR count). The molecular formula is C22H28FN3O2. The highest BCUT2D eigenvalue weighted by molar-refractivity contribution is 5.81. The van der Waals surface area contributed by atoms with Gasteiger partial charge in [-0.1, -0.05) is 18.2 Å². The number of piperazine rings is 1. The molecule has 0 spiro atoms. The van der Waals surface area contributed by atoms with E-state index in [0.29, 0.717) is 18.9 Å². The average molecular weight is 385 g/mol. The number of nitrogens with zero attached hydrogens (tertiary/aromatic N) is 3. The van der Waals surface area contributed by atoms with Crippen LogP contribution in [0.2, 0.25) is 0 Å². The summed E-state index contributed by atoms with van der Waals surface area (Å²) in [5.74, 6) is 0.499. The van der Waals surface area contributed by atoms with E-state index in [0.717, 1.165) is 26.2 Å². The first kappa shape index (κ1) is 20.1. The molecule has 0 aliphatic carbocycles. The molecule has 0 N–H and O–H groups in total. The van der Waals surface area contributed by atoms with Gasteiger partial charge in [-0.15, -0.1) is 0 Å². The normalized spacial score (nSPS) is 15.6. The lowest BCUT2D eigenvalue weighted by Crippen LogP contribution is -2.54. The third kappa shape index (κ3) is 5.23. The molecule has 1 atom stereocenters. The van der Waals surface area contributed by atoms with E-state index in [2.05, 4.69) is 17.0 Å². The van der Waals surface area contributed by atoms with Crippen LogP contribution in [0.25, 0.3) is 0 Å². The van der Waals surface area contributed by atoms with Crippen LogP contribution in [0.15, 0.2) is 54.6 Å². The fourth-order valence-electron chi connectivity index (χ4n) is 3.31. The van der Waals surface area contributed by atoms with Gasteiger partial charge < -0.3 is 14.5 Å². The fourth-order valence-corrected chi connectivity index (χ4v) is 3.31. The Kier molecular flexibility index (Phi) is 6.87. The summed E-state index contributed by atoms with van der Waals surface area (Å²) in [6.45, 7) is 6.16. The SMILES string of the molecule is CC(C(=O)N1CCN(c2ccccc2)CC1)N(C)CCOc1ccc(F)cc1. The summed E-state index contributed by atoms with van der Waals surface area (Å²) in [6, 6.07) is 16.1. The second-order valence-corrected chi connectivity index (χ2v) is 7.11. The molecule has 5 nitrogen and oxygen atoms in total. The maximum Gasteiger partial charge on any atom is 0.239 e. The third-order valence-corrected chi connectivity index (χ3v) is 5.26. The first-order valence-corrected chi connectivity index (χ1v) is 9.72. The zero-order valence-electron chi connectivity index (χ0n) is 16.6. The Labute approximate surface area is 166 Å². The predicted octanol–water partition coefficient (Wildman–Crippen LogP) is 2.87. The van der Waals surface area contributed by atoms with Crippen LogP contribution in [0.5, 0.6) is 5.75 Å². The zero-order valence-corrected chi connectivity index (χ0v) is 16.6. The van der Waals surface area contributed by atoms with Gasteiger partial charge in [0, 0.05) is 38.4 Å². The summed E-state index contributed by atoms with van der Waals surface area (Å²) in [5, 5.41) is 0. The molecule has 0 bridgehead atoms. The Morgan fingerprint density at radius 3 is 2.36 bits per heavy atom. The molecule has 1 aliphatic rings. The number of likely N-dealkylation sites (N-methyl/N-ethyl adjacent to an activating group) is 1. The first-order valence-electron chi connectivity index (χ1n) is 9.72. The number of anilines is 1. The van der Waals surface area contributed by atoms with Crippen LogP contribution in [-0.4, -0.2) is 68.1 Å². The number of para-hydroxylation sites is 1. The third-order valence-electron chi connectivity index (χ3n) is 5.26. The van der Waals surface area contributed by atoms with Crippen molar-refractivity contribution in [2.45, 2.75) is 13.0 Å². The summed E-state index contributed by atoms with van der Waals surface area (Å²) < 4.78 is 18.6. The van der Waals surface area contributed by atoms with Gasteiger partial charge in [0.1, 0.15) is 18.2 Å². The van der Waals surface area contributed by atoms with Crippen molar-refractivity contribution in [3.05, 3.63) is 60.4 Å². The molecular weight excluding hydrogens is 357 g/mol. The molecule has 150 valence electrons. The van der Waals surface area contributed by atoms with Crippen LogP contribution in [0.1, 0.15) is 6.92 Å². The number of ether oxygens (including phenoxy) is 1. The zero-order chi connectivity index (χ0) is 19.9. The largest absolute Gasteiger partial charge is 0.492 e. The monoisotopic (exact) mass is 385 g/mol. The first-order chi connectivity index (χ1) is 13.5. The van der Waals surface area contributed by atoms with Crippen LogP contribution in [-0.2, 0) is 4.79 Å². The molecule has 0 aromatic heterocycles. The van der Waals surface area contributed by atoms with Gasteiger partial charge in [0.05, 0.1) is 6.04 Å². The summed E-state index contributed by atoms with van der Waals surface area (Å²) in [4.78, 5) is 19.1. The van der Waals surface area contributed by atoms with Crippen molar-refractivity contribution in [1.82, 2.24) is 9.80 Å². The molecule has 2 aromatic rings. The maximum atomic E-state index is 12.9. The van der Waals surface area contributed by atoms with Crippen molar-refractivity contribution in [2.75, 3.05) is 51.3 Å². The molecule has 1 saturated heterocycles. The van der Waals surface area contributed by atoms with E-state index in [4.69, 9.17) is 4.74 Å². The second kappa shape index (κ2) is 9.55. The Bertz CT molecular complexity index is 746. The smallest absolute Gasteiger partial charge is 0.239 e. The van der Waals surface area contributed by atoms with Gasteiger partial charge in [0.2, 0.25) is 5.91 Å². The molecule has 6 heteroatoms. The van der Waals surface area contributed by atoms with Gasteiger partial charge in [0.25, 0.3) is 0 Å². The molecule has 1 unspecified atom stereocenters. The standard InChI is InChI=1S/C22H28FN3O2/c1-18(24(2)16-17-28-21-10-8-19(23)9-11-21)22(27)26-14-12-25(13-15-26)20-6-4-3-5-7-20/h3-11,18H,12-17H2,1-2H3. The summed E-state index contributed by atoms with van der Waals surface area (Å²) in [5.41, 5.74) is 1.21. The van der Waals surface area contributed by atoms with Gasteiger partial charge in [-0.05, 0) is 50.4 Å². The van der Waals surface area contributed by atoms with E-state index in [1.165, 1.54) is 17.8 Å². The maximum absolute atomic E-state index is 12.9. The molecule has 1 fully saturated rings.